The highest BCUT2D eigenvalue weighted by molar-refractivity contribution is 5.39. The number of rotatable bonds is 5. The number of hydrogen-bond donors (Lipinski definition) is 1. The van der Waals surface area contributed by atoms with Gasteiger partial charge in [0.15, 0.2) is 0 Å². The number of hydrogen-bond acceptors (Lipinski definition) is 1. The van der Waals surface area contributed by atoms with Crippen molar-refractivity contribution in [3.8, 4) is 0 Å². The Morgan fingerprint density at radius 2 is 1.81 bits per heavy atom. The summed E-state index contributed by atoms with van der Waals surface area (Å²) in [4.78, 5) is 0. The Kier molecular flexibility index (Phi) is 3.34. The molecule has 0 atom stereocenters. The standard InChI is InChI=1S/C15H22O/c1-3-12-5-6-14(11-13(12)4-2)15(7-8-15)9-10-16/h5-6,11,16H,3-4,7-10H2,1-2H3. The largest absolute Gasteiger partial charge is 0.396 e. The minimum atomic E-state index is 0.316. The van der Waals surface area contributed by atoms with Crippen molar-refractivity contribution in [2.75, 3.05) is 6.61 Å². The molecule has 0 spiro atoms. The predicted octanol–water partition coefficient (Wildman–Crippen LogP) is 3.23. The predicted molar refractivity (Wildman–Crippen MR) is 67.8 cm³/mol. The lowest BCUT2D eigenvalue weighted by Gasteiger charge is -2.17. The lowest BCUT2D eigenvalue weighted by Crippen LogP contribution is -2.09. The molecule has 1 aromatic carbocycles. The molecule has 1 heteroatoms. The molecular weight excluding hydrogens is 196 g/mol. The van der Waals surface area contributed by atoms with E-state index >= 15 is 0 Å². The molecule has 16 heavy (non-hydrogen) atoms. The van der Waals surface area contributed by atoms with Gasteiger partial charge >= 0.3 is 0 Å². The molecule has 0 aromatic heterocycles. The minimum Gasteiger partial charge on any atom is -0.396 e. The van der Waals surface area contributed by atoms with Gasteiger partial charge in [0.1, 0.15) is 0 Å². The maximum absolute atomic E-state index is 9.13. The summed E-state index contributed by atoms with van der Waals surface area (Å²) < 4.78 is 0. The van der Waals surface area contributed by atoms with Gasteiger partial charge in [-0.1, -0.05) is 32.0 Å². The van der Waals surface area contributed by atoms with Crippen LogP contribution in [0.3, 0.4) is 0 Å². The second-order valence-electron chi connectivity index (χ2n) is 4.94. The number of aliphatic hydroxyl groups excluding tert-OH is 1. The summed E-state index contributed by atoms with van der Waals surface area (Å²) in [5.74, 6) is 0. The fourth-order valence-electron chi connectivity index (χ4n) is 2.68. The molecule has 0 saturated heterocycles. The van der Waals surface area contributed by atoms with E-state index in [1.807, 2.05) is 0 Å². The molecule has 0 radical (unpaired) electrons. The van der Waals surface area contributed by atoms with Crippen molar-refractivity contribution in [3.05, 3.63) is 34.9 Å². The van der Waals surface area contributed by atoms with Gasteiger partial charge in [-0.25, -0.2) is 0 Å². The molecule has 1 aliphatic rings. The molecular formula is C15H22O. The molecule has 0 bridgehead atoms. The second kappa shape index (κ2) is 4.58. The minimum absolute atomic E-state index is 0.316. The molecule has 1 fully saturated rings. The molecule has 1 saturated carbocycles. The van der Waals surface area contributed by atoms with Crippen LogP contribution in [-0.4, -0.2) is 11.7 Å². The zero-order chi connectivity index (χ0) is 11.6. The van der Waals surface area contributed by atoms with Crippen molar-refractivity contribution in [1.82, 2.24) is 0 Å². The third-order valence-corrected chi connectivity index (χ3v) is 4.02. The Morgan fingerprint density at radius 1 is 1.12 bits per heavy atom. The van der Waals surface area contributed by atoms with Gasteiger partial charge < -0.3 is 5.11 Å². The molecule has 1 N–H and O–H groups in total. The highest BCUT2D eigenvalue weighted by Crippen LogP contribution is 2.51. The van der Waals surface area contributed by atoms with Crippen LogP contribution in [0.15, 0.2) is 18.2 Å². The average Bonchev–Trinajstić information content (AvgIpc) is 3.09. The summed E-state index contributed by atoms with van der Waals surface area (Å²) in [5.41, 5.74) is 4.75. The topological polar surface area (TPSA) is 20.2 Å². The van der Waals surface area contributed by atoms with Crippen LogP contribution in [0.2, 0.25) is 0 Å². The van der Waals surface area contributed by atoms with E-state index < -0.39 is 0 Å². The van der Waals surface area contributed by atoms with Gasteiger partial charge in [0.05, 0.1) is 0 Å². The van der Waals surface area contributed by atoms with Gasteiger partial charge in [-0.05, 0) is 54.2 Å². The van der Waals surface area contributed by atoms with E-state index in [1.165, 1.54) is 29.5 Å². The Balaban J connectivity index is 2.29. The van der Waals surface area contributed by atoms with Crippen LogP contribution in [-0.2, 0) is 18.3 Å². The second-order valence-corrected chi connectivity index (χ2v) is 4.94. The average molecular weight is 218 g/mol. The smallest absolute Gasteiger partial charge is 0.0439 e. The van der Waals surface area contributed by atoms with E-state index in [4.69, 9.17) is 5.11 Å². The van der Waals surface area contributed by atoms with Crippen LogP contribution in [0.1, 0.15) is 49.8 Å². The van der Waals surface area contributed by atoms with E-state index in [-0.39, 0.29) is 0 Å². The van der Waals surface area contributed by atoms with Crippen LogP contribution < -0.4 is 0 Å². The number of benzene rings is 1. The maximum Gasteiger partial charge on any atom is 0.0439 e. The first kappa shape index (κ1) is 11.7. The van der Waals surface area contributed by atoms with Crippen LogP contribution in [0.4, 0.5) is 0 Å². The normalized spacial score (nSPS) is 17.4. The van der Waals surface area contributed by atoms with E-state index in [9.17, 15) is 0 Å². The van der Waals surface area contributed by atoms with Crippen LogP contribution in [0.25, 0.3) is 0 Å². The first-order valence-electron chi connectivity index (χ1n) is 6.49. The van der Waals surface area contributed by atoms with E-state index in [0.717, 1.165) is 19.3 Å². The highest BCUT2D eigenvalue weighted by atomic mass is 16.3. The third-order valence-electron chi connectivity index (χ3n) is 4.02. The zero-order valence-electron chi connectivity index (χ0n) is 10.4. The van der Waals surface area contributed by atoms with Crippen LogP contribution in [0, 0.1) is 0 Å². The summed E-state index contributed by atoms with van der Waals surface area (Å²) in [7, 11) is 0. The van der Waals surface area contributed by atoms with Crippen molar-refractivity contribution in [2.45, 2.75) is 51.4 Å². The Labute approximate surface area is 98.5 Å². The first-order valence-corrected chi connectivity index (χ1v) is 6.49. The van der Waals surface area contributed by atoms with Crippen molar-refractivity contribution in [1.29, 1.82) is 0 Å². The summed E-state index contributed by atoms with van der Waals surface area (Å²) in [6.45, 7) is 4.76. The molecule has 88 valence electrons. The van der Waals surface area contributed by atoms with Gasteiger partial charge in [0.25, 0.3) is 0 Å². The van der Waals surface area contributed by atoms with Gasteiger partial charge in [-0.15, -0.1) is 0 Å². The van der Waals surface area contributed by atoms with Crippen LogP contribution >= 0.6 is 0 Å². The summed E-state index contributed by atoms with van der Waals surface area (Å²) >= 11 is 0. The Hall–Kier alpha value is -0.820. The van der Waals surface area contributed by atoms with Gasteiger partial charge in [0, 0.05) is 6.61 Å². The molecule has 0 amide bonds. The molecule has 1 nitrogen and oxygen atoms in total. The molecule has 2 rings (SSSR count). The Bertz CT molecular complexity index is 364. The lowest BCUT2D eigenvalue weighted by atomic mass is 9.89. The fourth-order valence-corrected chi connectivity index (χ4v) is 2.68. The summed E-state index contributed by atoms with van der Waals surface area (Å²) in [6, 6.07) is 6.94. The quantitative estimate of drug-likeness (QED) is 0.804. The zero-order valence-corrected chi connectivity index (χ0v) is 10.4. The maximum atomic E-state index is 9.13. The number of aliphatic hydroxyl groups is 1. The number of aryl methyl sites for hydroxylation is 2. The monoisotopic (exact) mass is 218 g/mol. The molecule has 1 aliphatic carbocycles. The Morgan fingerprint density at radius 3 is 2.31 bits per heavy atom. The lowest BCUT2D eigenvalue weighted by molar-refractivity contribution is 0.271. The van der Waals surface area contributed by atoms with E-state index in [0.29, 0.717) is 12.0 Å². The van der Waals surface area contributed by atoms with E-state index in [1.54, 1.807) is 0 Å². The van der Waals surface area contributed by atoms with Crippen molar-refractivity contribution < 1.29 is 5.11 Å². The first-order chi connectivity index (χ1) is 7.75. The third kappa shape index (κ3) is 2.01. The van der Waals surface area contributed by atoms with Crippen molar-refractivity contribution in [3.63, 3.8) is 0 Å². The van der Waals surface area contributed by atoms with E-state index in [2.05, 4.69) is 32.0 Å². The highest BCUT2D eigenvalue weighted by Gasteiger charge is 2.43. The SMILES string of the molecule is CCc1ccc(C2(CCO)CC2)cc1CC. The van der Waals surface area contributed by atoms with Gasteiger partial charge in [0.2, 0.25) is 0 Å². The molecule has 0 unspecified atom stereocenters. The molecule has 1 aromatic rings. The van der Waals surface area contributed by atoms with Crippen LogP contribution in [0.5, 0.6) is 0 Å². The molecule has 0 heterocycles. The van der Waals surface area contributed by atoms with Crippen molar-refractivity contribution in [2.24, 2.45) is 0 Å². The van der Waals surface area contributed by atoms with Gasteiger partial charge in [-0.2, -0.15) is 0 Å². The summed E-state index contributed by atoms with van der Waals surface area (Å²) in [5, 5.41) is 9.13. The molecule has 0 aliphatic heterocycles. The fraction of sp³-hybridized carbons (Fsp3) is 0.600. The van der Waals surface area contributed by atoms with Gasteiger partial charge in [-0.3, -0.25) is 0 Å². The summed E-state index contributed by atoms with van der Waals surface area (Å²) in [6.07, 6.45) is 5.68. The van der Waals surface area contributed by atoms with Crippen molar-refractivity contribution >= 4 is 0 Å².